The Hall–Kier alpha value is -0.570. The first-order valence-electron chi connectivity index (χ1n) is 4.43. The van der Waals surface area contributed by atoms with Gasteiger partial charge in [-0.25, -0.2) is 0 Å². The van der Waals surface area contributed by atoms with Gasteiger partial charge in [0.05, 0.1) is 0 Å². The quantitative estimate of drug-likeness (QED) is 0.779. The largest absolute Gasteiger partial charge is 0.329 e. The van der Waals surface area contributed by atoms with E-state index in [-0.39, 0.29) is 6.04 Å². The smallest absolute Gasteiger partial charge is 0.0422 e. The van der Waals surface area contributed by atoms with Crippen molar-refractivity contribution in [2.45, 2.75) is 19.4 Å². The molecule has 0 heterocycles. The van der Waals surface area contributed by atoms with Gasteiger partial charge in [-0.05, 0) is 29.7 Å². The average molecular weight is 199 g/mol. The number of halogens is 1. The number of aryl methyl sites for hydroxylation is 1. The third-order valence-electron chi connectivity index (χ3n) is 2.14. The van der Waals surface area contributed by atoms with Gasteiger partial charge >= 0.3 is 0 Å². The SMILES string of the molecule is CCc1ccc(Cl)cc1[C@H](N)CN. The molecular weight excluding hydrogens is 184 g/mol. The molecule has 0 fully saturated rings. The van der Waals surface area contributed by atoms with Gasteiger partial charge in [0.15, 0.2) is 0 Å². The Morgan fingerprint density at radius 1 is 1.46 bits per heavy atom. The summed E-state index contributed by atoms with van der Waals surface area (Å²) in [7, 11) is 0. The van der Waals surface area contributed by atoms with Gasteiger partial charge in [0.2, 0.25) is 0 Å². The monoisotopic (exact) mass is 198 g/mol. The van der Waals surface area contributed by atoms with Crippen LogP contribution in [0.3, 0.4) is 0 Å². The van der Waals surface area contributed by atoms with Crippen LogP contribution < -0.4 is 11.5 Å². The highest BCUT2D eigenvalue weighted by atomic mass is 35.5. The van der Waals surface area contributed by atoms with Gasteiger partial charge in [0.1, 0.15) is 0 Å². The molecule has 0 aliphatic carbocycles. The predicted molar refractivity (Wildman–Crippen MR) is 56.8 cm³/mol. The molecule has 0 aliphatic rings. The van der Waals surface area contributed by atoms with Crippen molar-refractivity contribution in [3.05, 3.63) is 34.3 Å². The number of hydrogen-bond acceptors (Lipinski definition) is 2. The summed E-state index contributed by atoms with van der Waals surface area (Å²) in [6, 6.07) is 5.69. The zero-order valence-corrected chi connectivity index (χ0v) is 8.51. The molecule has 0 amide bonds. The van der Waals surface area contributed by atoms with E-state index in [1.54, 1.807) is 0 Å². The van der Waals surface area contributed by atoms with E-state index in [9.17, 15) is 0 Å². The van der Waals surface area contributed by atoms with Crippen molar-refractivity contribution in [1.29, 1.82) is 0 Å². The van der Waals surface area contributed by atoms with Crippen LogP contribution in [0.1, 0.15) is 24.1 Å². The van der Waals surface area contributed by atoms with E-state index in [0.717, 1.165) is 17.0 Å². The molecule has 1 atom stereocenters. The fourth-order valence-electron chi connectivity index (χ4n) is 1.36. The second-order valence-electron chi connectivity index (χ2n) is 3.04. The van der Waals surface area contributed by atoms with Gasteiger partial charge < -0.3 is 11.5 Å². The average Bonchev–Trinajstić information content (AvgIpc) is 2.16. The third kappa shape index (κ3) is 2.44. The molecular formula is C10H15ClN2. The highest BCUT2D eigenvalue weighted by Crippen LogP contribution is 2.20. The summed E-state index contributed by atoms with van der Waals surface area (Å²) in [4.78, 5) is 0. The minimum atomic E-state index is -0.103. The minimum Gasteiger partial charge on any atom is -0.329 e. The molecule has 72 valence electrons. The molecule has 1 aromatic rings. The number of hydrogen-bond donors (Lipinski definition) is 2. The van der Waals surface area contributed by atoms with E-state index >= 15 is 0 Å². The Kier molecular flexibility index (Phi) is 3.72. The highest BCUT2D eigenvalue weighted by Gasteiger charge is 2.08. The summed E-state index contributed by atoms with van der Waals surface area (Å²) >= 11 is 5.88. The first-order chi connectivity index (χ1) is 6.19. The molecule has 1 aromatic carbocycles. The molecule has 0 saturated heterocycles. The lowest BCUT2D eigenvalue weighted by atomic mass is 9.99. The molecule has 0 aliphatic heterocycles. The minimum absolute atomic E-state index is 0.103. The standard InChI is InChI=1S/C10H15ClN2/c1-2-7-3-4-8(11)5-9(7)10(13)6-12/h3-5,10H,2,6,12-13H2,1H3/t10-/m1/s1. The van der Waals surface area contributed by atoms with Crippen LogP contribution in [0.5, 0.6) is 0 Å². The summed E-state index contributed by atoms with van der Waals surface area (Å²) in [6.45, 7) is 2.54. The molecule has 13 heavy (non-hydrogen) atoms. The molecule has 3 heteroatoms. The van der Waals surface area contributed by atoms with E-state index in [1.165, 1.54) is 5.56 Å². The molecule has 0 spiro atoms. The van der Waals surface area contributed by atoms with Crippen LogP contribution >= 0.6 is 11.6 Å². The lowest BCUT2D eigenvalue weighted by molar-refractivity contribution is 0.727. The number of nitrogens with two attached hydrogens (primary N) is 2. The highest BCUT2D eigenvalue weighted by molar-refractivity contribution is 6.30. The zero-order valence-electron chi connectivity index (χ0n) is 7.76. The van der Waals surface area contributed by atoms with Crippen LogP contribution in [-0.2, 0) is 6.42 Å². The van der Waals surface area contributed by atoms with E-state index in [2.05, 4.69) is 6.92 Å². The molecule has 0 saturated carbocycles. The second kappa shape index (κ2) is 4.61. The molecule has 0 aromatic heterocycles. The fraction of sp³-hybridized carbons (Fsp3) is 0.400. The van der Waals surface area contributed by atoms with Crippen molar-refractivity contribution >= 4 is 11.6 Å². The van der Waals surface area contributed by atoms with Gasteiger partial charge in [0.25, 0.3) is 0 Å². The topological polar surface area (TPSA) is 52.0 Å². The summed E-state index contributed by atoms with van der Waals surface area (Å²) in [5.41, 5.74) is 13.7. The van der Waals surface area contributed by atoms with Crippen LogP contribution in [0, 0.1) is 0 Å². The molecule has 2 nitrogen and oxygen atoms in total. The lowest BCUT2D eigenvalue weighted by Gasteiger charge is -2.14. The van der Waals surface area contributed by atoms with Crippen LogP contribution in [-0.4, -0.2) is 6.54 Å². The Morgan fingerprint density at radius 3 is 2.69 bits per heavy atom. The van der Waals surface area contributed by atoms with Gasteiger partial charge in [-0.2, -0.15) is 0 Å². The first kappa shape index (κ1) is 10.5. The maximum absolute atomic E-state index is 5.88. The van der Waals surface area contributed by atoms with Crippen LogP contribution in [0.2, 0.25) is 5.02 Å². The summed E-state index contributed by atoms with van der Waals surface area (Å²) in [6.07, 6.45) is 0.959. The number of benzene rings is 1. The Labute approximate surface area is 83.9 Å². The molecule has 0 radical (unpaired) electrons. The van der Waals surface area contributed by atoms with Crippen molar-refractivity contribution in [3.63, 3.8) is 0 Å². The van der Waals surface area contributed by atoms with Crippen LogP contribution in [0.15, 0.2) is 18.2 Å². The summed E-state index contributed by atoms with van der Waals surface area (Å²) in [5.74, 6) is 0. The van der Waals surface area contributed by atoms with Gasteiger partial charge in [-0.3, -0.25) is 0 Å². The van der Waals surface area contributed by atoms with Crippen LogP contribution in [0.4, 0.5) is 0 Å². The number of rotatable bonds is 3. The van der Waals surface area contributed by atoms with Crippen molar-refractivity contribution < 1.29 is 0 Å². The fourth-order valence-corrected chi connectivity index (χ4v) is 1.54. The Morgan fingerprint density at radius 2 is 2.15 bits per heavy atom. The Balaban J connectivity index is 3.07. The van der Waals surface area contributed by atoms with Crippen molar-refractivity contribution in [3.8, 4) is 0 Å². The molecule has 0 unspecified atom stereocenters. The third-order valence-corrected chi connectivity index (χ3v) is 2.38. The first-order valence-corrected chi connectivity index (χ1v) is 4.80. The van der Waals surface area contributed by atoms with E-state index in [1.807, 2.05) is 18.2 Å². The maximum Gasteiger partial charge on any atom is 0.0422 e. The lowest BCUT2D eigenvalue weighted by Crippen LogP contribution is -2.22. The maximum atomic E-state index is 5.88. The van der Waals surface area contributed by atoms with Crippen molar-refractivity contribution in [1.82, 2.24) is 0 Å². The molecule has 4 N–H and O–H groups in total. The summed E-state index contributed by atoms with van der Waals surface area (Å²) < 4.78 is 0. The van der Waals surface area contributed by atoms with E-state index in [0.29, 0.717) is 6.54 Å². The molecule has 1 rings (SSSR count). The zero-order chi connectivity index (χ0) is 9.84. The normalized spacial score (nSPS) is 12.9. The molecule has 0 bridgehead atoms. The van der Waals surface area contributed by atoms with Gasteiger partial charge in [-0.15, -0.1) is 0 Å². The van der Waals surface area contributed by atoms with Crippen molar-refractivity contribution in [2.24, 2.45) is 11.5 Å². The summed E-state index contributed by atoms with van der Waals surface area (Å²) in [5, 5.41) is 0.719. The van der Waals surface area contributed by atoms with E-state index < -0.39 is 0 Å². The second-order valence-corrected chi connectivity index (χ2v) is 3.48. The predicted octanol–water partition coefficient (Wildman–Crippen LogP) is 1.86. The van der Waals surface area contributed by atoms with Gasteiger partial charge in [-0.1, -0.05) is 24.6 Å². The van der Waals surface area contributed by atoms with Gasteiger partial charge in [0, 0.05) is 17.6 Å². The van der Waals surface area contributed by atoms with Crippen LogP contribution in [0.25, 0.3) is 0 Å². The Bertz CT molecular complexity index is 286. The van der Waals surface area contributed by atoms with E-state index in [4.69, 9.17) is 23.1 Å². The van der Waals surface area contributed by atoms with Crippen molar-refractivity contribution in [2.75, 3.05) is 6.54 Å².